The van der Waals surface area contributed by atoms with Crippen molar-refractivity contribution in [1.29, 1.82) is 0 Å². The Balaban J connectivity index is 1.70. The van der Waals surface area contributed by atoms with E-state index in [4.69, 9.17) is 9.47 Å². The largest absolute Gasteiger partial charge is 0.493 e. The lowest BCUT2D eigenvalue weighted by molar-refractivity contribution is -0.114. The van der Waals surface area contributed by atoms with E-state index >= 15 is 0 Å². The van der Waals surface area contributed by atoms with Crippen molar-refractivity contribution in [3.05, 3.63) is 72.1 Å². The van der Waals surface area contributed by atoms with Crippen LogP contribution in [0.2, 0.25) is 0 Å². The highest BCUT2D eigenvalue weighted by Gasteiger charge is 2.15. The Morgan fingerprint density at radius 1 is 0.941 bits per heavy atom. The van der Waals surface area contributed by atoms with Crippen LogP contribution in [0.1, 0.15) is 31.3 Å². The molecule has 1 heterocycles. The monoisotopic (exact) mass is 456 g/mol. The van der Waals surface area contributed by atoms with Gasteiger partial charge in [0.25, 0.3) is 0 Å². The Morgan fingerprint density at radius 2 is 1.68 bits per heavy atom. The number of benzene rings is 3. The normalized spacial score (nSPS) is 11.7. The van der Waals surface area contributed by atoms with Gasteiger partial charge in [-0.2, -0.15) is 0 Å². The van der Waals surface area contributed by atoms with Gasteiger partial charge in [-0.3, -0.25) is 4.79 Å². The number of rotatable bonds is 7. The van der Waals surface area contributed by atoms with Crippen LogP contribution in [-0.4, -0.2) is 30.1 Å². The van der Waals surface area contributed by atoms with E-state index in [0.717, 1.165) is 39.1 Å². The lowest BCUT2D eigenvalue weighted by Gasteiger charge is -2.19. The fourth-order valence-electron chi connectivity index (χ4n) is 3.98. The van der Waals surface area contributed by atoms with Crippen LogP contribution in [0.5, 0.6) is 11.5 Å². The van der Waals surface area contributed by atoms with Gasteiger partial charge >= 0.3 is 0 Å². The molecule has 4 aromatic rings. The van der Waals surface area contributed by atoms with Crippen LogP contribution in [0.25, 0.3) is 22.0 Å². The first-order valence-electron chi connectivity index (χ1n) is 11.0. The number of methoxy groups -OCH3 is 2. The number of ether oxygens (including phenoxy) is 2. The Labute approximate surface area is 199 Å². The van der Waals surface area contributed by atoms with Crippen molar-refractivity contribution in [2.75, 3.05) is 24.9 Å². The van der Waals surface area contributed by atoms with Crippen molar-refractivity contribution in [2.45, 2.75) is 26.8 Å². The van der Waals surface area contributed by atoms with E-state index in [1.165, 1.54) is 6.92 Å². The smallest absolute Gasteiger partial charge is 0.221 e. The van der Waals surface area contributed by atoms with Crippen LogP contribution in [0, 0.1) is 6.92 Å². The Hall–Kier alpha value is -4.13. The summed E-state index contributed by atoms with van der Waals surface area (Å²) in [5.74, 6) is 2.52. The molecule has 0 bridgehead atoms. The van der Waals surface area contributed by atoms with Crippen molar-refractivity contribution >= 4 is 28.3 Å². The summed E-state index contributed by atoms with van der Waals surface area (Å²) in [5.41, 5.74) is 4.63. The Kier molecular flexibility index (Phi) is 6.63. The second kappa shape index (κ2) is 9.79. The first-order chi connectivity index (χ1) is 16.4. The fourth-order valence-corrected chi connectivity index (χ4v) is 3.98. The topological polar surface area (TPSA) is 85.4 Å². The summed E-state index contributed by atoms with van der Waals surface area (Å²) in [6.07, 6.45) is 0. The van der Waals surface area contributed by atoms with Gasteiger partial charge in [-0.15, -0.1) is 0 Å². The van der Waals surface area contributed by atoms with Gasteiger partial charge in [-0.05, 0) is 43.2 Å². The van der Waals surface area contributed by atoms with Gasteiger partial charge in [-0.1, -0.05) is 36.4 Å². The molecular formula is C27H28N4O3. The van der Waals surface area contributed by atoms with E-state index in [1.54, 1.807) is 14.2 Å². The molecule has 1 atom stereocenters. The van der Waals surface area contributed by atoms with Gasteiger partial charge in [0.15, 0.2) is 11.5 Å². The number of hydrogen-bond acceptors (Lipinski definition) is 6. The van der Waals surface area contributed by atoms with Crippen LogP contribution < -0.4 is 20.1 Å². The third-order valence-corrected chi connectivity index (χ3v) is 5.60. The maximum absolute atomic E-state index is 11.6. The highest BCUT2D eigenvalue weighted by molar-refractivity contribution is 5.94. The number of nitrogens with one attached hydrogen (secondary N) is 2. The van der Waals surface area contributed by atoms with Crippen molar-refractivity contribution in [3.63, 3.8) is 0 Å². The molecule has 0 fully saturated rings. The first kappa shape index (κ1) is 23.0. The molecule has 34 heavy (non-hydrogen) atoms. The molecule has 3 aromatic carbocycles. The number of carbonyl (C=O) groups excluding carboxylic acids is 1. The van der Waals surface area contributed by atoms with E-state index in [1.807, 2.05) is 55.5 Å². The molecule has 0 radical (unpaired) electrons. The van der Waals surface area contributed by atoms with E-state index in [-0.39, 0.29) is 11.9 Å². The lowest BCUT2D eigenvalue weighted by atomic mass is 9.98. The number of carbonyl (C=O) groups is 1. The molecule has 0 saturated carbocycles. The third-order valence-electron chi connectivity index (χ3n) is 5.60. The molecule has 7 heteroatoms. The highest BCUT2D eigenvalue weighted by Crippen LogP contribution is 2.35. The molecule has 1 unspecified atom stereocenters. The number of anilines is 2. The molecule has 0 spiro atoms. The van der Waals surface area contributed by atoms with Crippen molar-refractivity contribution in [1.82, 2.24) is 9.97 Å². The molecule has 1 aromatic heterocycles. The first-order valence-corrected chi connectivity index (χ1v) is 11.0. The van der Waals surface area contributed by atoms with Crippen LogP contribution in [0.3, 0.4) is 0 Å². The number of para-hydroxylation sites is 1. The fraction of sp³-hybridized carbons (Fsp3) is 0.222. The molecule has 0 saturated heterocycles. The number of amides is 1. The molecule has 174 valence electrons. The zero-order valence-electron chi connectivity index (χ0n) is 20.0. The summed E-state index contributed by atoms with van der Waals surface area (Å²) < 4.78 is 10.9. The maximum atomic E-state index is 11.6. The van der Waals surface area contributed by atoms with Crippen LogP contribution in [0.15, 0.2) is 60.7 Å². The van der Waals surface area contributed by atoms with E-state index in [9.17, 15) is 4.79 Å². The molecule has 4 rings (SSSR count). The number of nitrogens with zero attached hydrogens (tertiary/aromatic N) is 2. The molecule has 0 aliphatic heterocycles. The van der Waals surface area contributed by atoms with Crippen LogP contribution >= 0.6 is 0 Å². The van der Waals surface area contributed by atoms with E-state index < -0.39 is 0 Å². The molecular weight excluding hydrogens is 428 g/mol. The van der Waals surface area contributed by atoms with Gasteiger partial charge in [0.05, 0.1) is 19.7 Å². The standard InChI is InChI=1S/C27H28N4O3/c1-16(19-9-8-10-20(13-19)21-11-6-7-12-23(21)31-18(3)32)28-27-22-14-25(33-4)26(34-5)15-24(22)29-17(2)30-27/h6-16H,1-5H3,(H,31,32)(H,28,29,30). The SMILES string of the molecule is COc1cc2nc(C)nc(NC(C)c3cccc(-c4ccccc4NC(C)=O)c3)c2cc1OC. The van der Waals surface area contributed by atoms with Crippen molar-refractivity contribution in [2.24, 2.45) is 0 Å². The number of aromatic nitrogens is 2. The predicted octanol–water partition coefficient (Wildman–Crippen LogP) is 5.75. The Bertz CT molecular complexity index is 1350. The van der Waals surface area contributed by atoms with Gasteiger partial charge < -0.3 is 20.1 Å². The minimum atomic E-state index is -0.100. The molecule has 0 aliphatic rings. The number of fused-ring (bicyclic) bond motifs is 1. The quantitative estimate of drug-likeness (QED) is 0.368. The van der Waals surface area contributed by atoms with Gasteiger partial charge in [0, 0.05) is 35.7 Å². The molecule has 2 N–H and O–H groups in total. The zero-order chi connectivity index (χ0) is 24.2. The van der Waals surface area contributed by atoms with Gasteiger partial charge in [0.2, 0.25) is 5.91 Å². The van der Waals surface area contributed by atoms with E-state index in [0.29, 0.717) is 17.3 Å². The maximum Gasteiger partial charge on any atom is 0.221 e. The highest BCUT2D eigenvalue weighted by atomic mass is 16.5. The minimum Gasteiger partial charge on any atom is -0.493 e. The average molecular weight is 457 g/mol. The van der Waals surface area contributed by atoms with Crippen LogP contribution in [-0.2, 0) is 4.79 Å². The van der Waals surface area contributed by atoms with E-state index in [2.05, 4.69) is 39.7 Å². The molecule has 0 aliphatic carbocycles. The third kappa shape index (κ3) is 4.78. The Morgan fingerprint density at radius 3 is 2.41 bits per heavy atom. The minimum absolute atomic E-state index is 0.0431. The van der Waals surface area contributed by atoms with Gasteiger partial charge in [0.1, 0.15) is 11.6 Å². The summed E-state index contributed by atoms with van der Waals surface area (Å²) in [4.78, 5) is 20.9. The lowest BCUT2D eigenvalue weighted by Crippen LogP contribution is -2.10. The summed E-state index contributed by atoms with van der Waals surface area (Å²) >= 11 is 0. The molecule has 7 nitrogen and oxygen atoms in total. The average Bonchev–Trinajstić information content (AvgIpc) is 2.83. The summed E-state index contributed by atoms with van der Waals surface area (Å²) in [6.45, 7) is 5.46. The summed E-state index contributed by atoms with van der Waals surface area (Å²) in [5, 5.41) is 7.30. The molecule has 1 amide bonds. The predicted molar refractivity (Wildman–Crippen MR) is 136 cm³/mol. The zero-order valence-corrected chi connectivity index (χ0v) is 20.0. The second-order valence-electron chi connectivity index (χ2n) is 8.06. The van der Waals surface area contributed by atoms with Crippen molar-refractivity contribution < 1.29 is 14.3 Å². The summed E-state index contributed by atoms with van der Waals surface area (Å²) in [7, 11) is 3.22. The van der Waals surface area contributed by atoms with Crippen molar-refractivity contribution in [3.8, 4) is 22.6 Å². The number of hydrogen-bond donors (Lipinski definition) is 2. The van der Waals surface area contributed by atoms with Crippen LogP contribution in [0.4, 0.5) is 11.5 Å². The van der Waals surface area contributed by atoms with Gasteiger partial charge in [-0.25, -0.2) is 9.97 Å². The number of aryl methyl sites for hydroxylation is 1. The summed E-state index contributed by atoms with van der Waals surface area (Å²) in [6, 6.07) is 19.7. The second-order valence-corrected chi connectivity index (χ2v) is 8.06.